The van der Waals surface area contributed by atoms with Gasteiger partial charge in [-0.05, 0) is 19.1 Å². The van der Waals surface area contributed by atoms with Crippen molar-refractivity contribution in [2.45, 2.75) is 11.8 Å². The zero-order valence-corrected chi connectivity index (χ0v) is 11.1. The van der Waals surface area contributed by atoms with Crippen LogP contribution >= 0.6 is 0 Å². The molecule has 1 fully saturated rings. The van der Waals surface area contributed by atoms with Gasteiger partial charge in [0.05, 0.1) is 24.8 Å². The van der Waals surface area contributed by atoms with Crippen molar-refractivity contribution in [3.05, 3.63) is 29.8 Å². The molecule has 100 valence electrons. The molecule has 1 heterocycles. The first kappa shape index (κ1) is 13.5. The average Bonchev–Trinajstić information content (AvgIpc) is 2.82. The third-order valence-electron chi connectivity index (χ3n) is 2.78. The van der Waals surface area contributed by atoms with Gasteiger partial charge in [0.25, 0.3) is 10.1 Å². The molecule has 2 rings (SSSR count). The van der Waals surface area contributed by atoms with Crippen molar-refractivity contribution in [2.24, 2.45) is 0 Å². The van der Waals surface area contributed by atoms with E-state index in [1.54, 1.807) is 24.3 Å². The van der Waals surface area contributed by atoms with Gasteiger partial charge in [0.15, 0.2) is 0 Å². The average molecular weight is 271 g/mol. The Kier molecular flexibility index (Phi) is 4.34. The van der Waals surface area contributed by atoms with Gasteiger partial charge in [-0.2, -0.15) is 8.42 Å². The summed E-state index contributed by atoms with van der Waals surface area (Å²) in [4.78, 5) is 2.20. The minimum Gasteiger partial charge on any atom is -0.365 e. The van der Waals surface area contributed by atoms with Gasteiger partial charge in [-0.1, -0.05) is 17.7 Å². The van der Waals surface area contributed by atoms with Crippen LogP contribution in [-0.4, -0.2) is 46.4 Å². The second-order valence-electron chi connectivity index (χ2n) is 4.24. The maximum atomic E-state index is 11.8. The molecule has 0 spiro atoms. The highest BCUT2D eigenvalue weighted by molar-refractivity contribution is 7.86. The Morgan fingerprint density at radius 1 is 1.33 bits per heavy atom. The van der Waals surface area contributed by atoms with Gasteiger partial charge in [-0.3, -0.25) is 9.08 Å². The van der Waals surface area contributed by atoms with Gasteiger partial charge >= 0.3 is 0 Å². The van der Waals surface area contributed by atoms with Gasteiger partial charge in [-0.15, -0.1) is 0 Å². The van der Waals surface area contributed by atoms with E-state index in [9.17, 15) is 8.42 Å². The standard InChI is InChI=1S/C12H17NO4S/c1-11-2-4-12(5-3-11)18(14,15)17-9-7-13-6-8-16-10-13/h2-5H,6-10H2,1H3. The molecule has 0 bridgehead atoms. The molecule has 0 amide bonds. The molecule has 1 aliphatic rings. The van der Waals surface area contributed by atoms with Crippen molar-refractivity contribution in [1.29, 1.82) is 0 Å². The first-order valence-electron chi connectivity index (χ1n) is 5.84. The highest BCUT2D eigenvalue weighted by Gasteiger charge is 2.17. The van der Waals surface area contributed by atoms with Crippen LogP contribution < -0.4 is 0 Å². The Morgan fingerprint density at radius 3 is 2.67 bits per heavy atom. The quantitative estimate of drug-likeness (QED) is 0.748. The van der Waals surface area contributed by atoms with Crippen molar-refractivity contribution in [3.8, 4) is 0 Å². The van der Waals surface area contributed by atoms with E-state index in [0.29, 0.717) is 19.9 Å². The molecule has 0 aromatic heterocycles. The monoisotopic (exact) mass is 271 g/mol. The van der Waals surface area contributed by atoms with E-state index in [2.05, 4.69) is 0 Å². The third-order valence-corrected chi connectivity index (χ3v) is 4.11. The van der Waals surface area contributed by atoms with E-state index in [-0.39, 0.29) is 11.5 Å². The van der Waals surface area contributed by atoms with Crippen molar-refractivity contribution < 1.29 is 17.3 Å². The third kappa shape index (κ3) is 3.52. The fourth-order valence-corrected chi connectivity index (χ4v) is 2.58. The van der Waals surface area contributed by atoms with E-state index in [0.717, 1.165) is 12.1 Å². The van der Waals surface area contributed by atoms with E-state index in [1.807, 2.05) is 11.8 Å². The molecule has 0 N–H and O–H groups in total. The smallest absolute Gasteiger partial charge is 0.297 e. The lowest BCUT2D eigenvalue weighted by atomic mass is 10.2. The Bertz CT molecular complexity index is 477. The summed E-state index contributed by atoms with van der Waals surface area (Å²) in [6.45, 7) is 4.70. The lowest BCUT2D eigenvalue weighted by molar-refractivity contribution is 0.130. The highest BCUT2D eigenvalue weighted by atomic mass is 32.2. The number of benzene rings is 1. The maximum absolute atomic E-state index is 11.8. The zero-order chi connectivity index (χ0) is 13.0. The fourth-order valence-electron chi connectivity index (χ4n) is 1.68. The van der Waals surface area contributed by atoms with Crippen molar-refractivity contribution in [3.63, 3.8) is 0 Å². The minimum atomic E-state index is -3.64. The van der Waals surface area contributed by atoms with Crippen molar-refractivity contribution in [2.75, 3.05) is 33.0 Å². The number of hydrogen-bond donors (Lipinski definition) is 0. The summed E-state index contributed by atoms with van der Waals surface area (Å²) < 4.78 is 33.8. The maximum Gasteiger partial charge on any atom is 0.297 e. The van der Waals surface area contributed by atoms with Crippen molar-refractivity contribution >= 4 is 10.1 Å². The molecule has 0 unspecified atom stereocenters. The summed E-state index contributed by atoms with van der Waals surface area (Å²) in [5.74, 6) is 0. The molecule has 5 nitrogen and oxygen atoms in total. The lowest BCUT2D eigenvalue weighted by Gasteiger charge is -2.12. The number of nitrogens with zero attached hydrogens (tertiary/aromatic N) is 1. The van der Waals surface area contributed by atoms with Crippen LogP contribution in [0.15, 0.2) is 29.2 Å². The highest BCUT2D eigenvalue weighted by Crippen LogP contribution is 2.13. The van der Waals surface area contributed by atoms with Gasteiger partial charge < -0.3 is 4.74 Å². The van der Waals surface area contributed by atoms with Gasteiger partial charge in [0.2, 0.25) is 0 Å². The summed E-state index contributed by atoms with van der Waals surface area (Å²) >= 11 is 0. The molecule has 1 aliphatic heterocycles. The SMILES string of the molecule is Cc1ccc(S(=O)(=O)OCCN2CCOC2)cc1. The summed E-state index contributed by atoms with van der Waals surface area (Å²) in [7, 11) is -3.64. The van der Waals surface area contributed by atoms with E-state index < -0.39 is 10.1 Å². The molecular weight excluding hydrogens is 254 g/mol. The first-order chi connectivity index (χ1) is 8.58. The Balaban J connectivity index is 1.88. The largest absolute Gasteiger partial charge is 0.365 e. The number of ether oxygens (including phenoxy) is 1. The molecule has 1 aromatic carbocycles. The molecular formula is C12H17NO4S. The Hall–Kier alpha value is -0.950. The molecule has 6 heteroatoms. The molecule has 0 atom stereocenters. The molecule has 0 radical (unpaired) electrons. The first-order valence-corrected chi connectivity index (χ1v) is 7.25. The van der Waals surface area contributed by atoms with Gasteiger partial charge in [0.1, 0.15) is 0 Å². The van der Waals surface area contributed by atoms with Crippen LogP contribution in [-0.2, 0) is 19.0 Å². The normalized spacial score (nSPS) is 17.2. The summed E-state index contributed by atoms with van der Waals surface area (Å²) in [6, 6.07) is 6.63. The summed E-state index contributed by atoms with van der Waals surface area (Å²) in [5.41, 5.74) is 1.02. The van der Waals surface area contributed by atoms with Crippen LogP contribution in [0.1, 0.15) is 5.56 Å². The number of aryl methyl sites for hydroxylation is 1. The summed E-state index contributed by atoms with van der Waals surface area (Å²) in [5, 5.41) is 0. The second-order valence-corrected chi connectivity index (χ2v) is 5.86. The number of hydrogen-bond acceptors (Lipinski definition) is 5. The predicted molar refractivity (Wildman–Crippen MR) is 66.7 cm³/mol. The molecule has 18 heavy (non-hydrogen) atoms. The minimum absolute atomic E-state index is 0.152. The van der Waals surface area contributed by atoms with Crippen LogP contribution in [0.5, 0.6) is 0 Å². The molecule has 0 aliphatic carbocycles. The van der Waals surface area contributed by atoms with Gasteiger partial charge in [0, 0.05) is 13.1 Å². The van der Waals surface area contributed by atoms with Crippen LogP contribution in [0.4, 0.5) is 0 Å². The fraction of sp³-hybridized carbons (Fsp3) is 0.500. The van der Waals surface area contributed by atoms with E-state index in [4.69, 9.17) is 8.92 Å². The molecule has 1 aromatic rings. The van der Waals surface area contributed by atoms with E-state index in [1.165, 1.54) is 0 Å². The summed E-state index contributed by atoms with van der Waals surface area (Å²) in [6.07, 6.45) is 0. The molecule has 1 saturated heterocycles. The van der Waals surface area contributed by atoms with Gasteiger partial charge in [-0.25, -0.2) is 0 Å². The second kappa shape index (κ2) is 5.79. The molecule has 0 saturated carbocycles. The van der Waals surface area contributed by atoms with Crippen LogP contribution in [0.25, 0.3) is 0 Å². The number of rotatable bonds is 5. The van der Waals surface area contributed by atoms with Crippen LogP contribution in [0.3, 0.4) is 0 Å². The Labute approximate surface area is 107 Å². The zero-order valence-electron chi connectivity index (χ0n) is 10.3. The van der Waals surface area contributed by atoms with Crippen molar-refractivity contribution in [1.82, 2.24) is 4.90 Å². The Morgan fingerprint density at radius 2 is 2.06 bits per heavy atom. The van der Waals surface area contributed by atoms with Crippen LogP contribution in [0.2, 0.25) is 0 Å². The lowest BCUT2D eigenvalue weighted by Crippen LogP contribution is -2.25. The predicted octanol–water partition coefficient (Wildman–Crippen LogP) is 0.990. The van der Waals surface area contributed by atoms with Crippen LogP contribution in [0, 0.1) is 6.92 Å². The van der Waals surface area contributed by atoms with E-state index >= 15 is 0 Å². The topological polar surface area (TPSA) is 55.8 Å².